The van der Waals surface area contributed by atoms with Crippen LogP contribution in [0.25, 0.3) is 11.1 Å². The van der Waals surface area contributed by atoms with Crippen LogP contribution in [0.3, 0.4) is 0 Å². The summed E-state index contributed by atoms with van der Waals surface area (Å²) in [6, 6.07) is 18.0. The van der Waals surface area contributed by atoms with E-state index in [-0.39, 0.29) is 50.8 Å². The Morgan fingerprint density at radius 3 is 2.08 bits per heavy atom. The second-order valence-electron chi connectivity index (χ2n) is 17.9. The molecule has 0 radical (unpaired) electrons. The Balaban J connectivity index is 1.68. The number of hydrogen-bond acceptors (Lipinski definition) is 15. The molecular formula is C41H57N5O11S5Si2. The van der Waals surface area contributed by atoms with E-state index in [4.69, 9.17) is 18.5 Å². The molecule has 16 nitrogen and oxygen atoms in total. The molecule has 0 aromatic heterocycles. The first-order valence-corrected chi connectivity index (χ1v) is 33.8. The first-order valence-electron chi connectivity index (χ1n) is 20.0. The molecular weight excluding hydrogens is 955 g/mol. The van der Waals surface area contributed by atoms with E-state index in [1.807, 2.05) is 6.26 Å². The summed E-state index contributed by atoms with van der Waals surface area (Å²) in [5.74, 6) is 0. The number of nitrogens with zero attached hydrogens (tertiary/aromatic N) is 2. The van der Waals surface area contributed by atoms with Gasteiger partial charge >= 0.3 is 28.5 Å². The van der Waals surface area contributed by atoms with E-state index in [9.17, 15) is 31.2 Å². The van der Waals surface area contributed by atoms with Crippen molar-refractivity contribution in [1.82, 2.24) is 5.32 Å². The number of oxime groups is 1. The average Bonchev–Trinajstić information content (AvgIpc) is 3.53. The van der Waals surface area contributed by atoms with Crippen LogP contribution in [0.4, 0.5) is 31.4 Å². The van der Waals surface area contributed by atoms with E-state index in [0.29, 0.717) is 37.8 Å². The van der Waals surface area contributed by atoms with Gasteiger partial charge in [0.2, 0.25) is 11.1 Å². The van der Waals surface area contributed by atoms with Crippen LogP contribution in [0.1, 0.15) is 26.3 Å². The Morgan fingerprint density at radius 1 is 0.828 bits per heavy atom. The Bertz CT molecular complexity index is 2460. The van der Waals surface area contributed by atoms with E-state index < -0.39 is 59.1 Å². The summed E-state index contributed by atoms with van der Waals surface area (Å²) in [7, 11) is -12.6. The SMILES string of the molecule is CSC1SC(NC(=O)OC(C)(C)C)=CC1=NOSS(=O)(=O)c1cccc(NS(=O)(=O)N(C(=O)OCC[Si](C)(C)C)c2cc(NC(=O)OCC[Si](C)(C)C)cc(C)c2-c2ccccc2)c1. The van der Waals surface area contributed by atoms with Crippen molar-refractivity contribution in [3.63, 3.8) is 0 Å². The van der Waals surface area contributed by atoms with E-state index in [1.54, 1.807) is 64.1 Å². The monoisotopic (exact) mass is 1010 g/mol. The first-order chi connectivity index (χ1) is 29.7. The van der Waals surface area contributed by atoms with Crippen LogP contribution < -0.4 is 19.7 Å². The van der Waals surface area contributed by atoms with Crippen molar-refractivity contribution < 1.29 is 49.7 Å². The molecule has 0 fully saturated rings. The highest BCUT2D eigenvalue weighted by atomic mass is 33.1. The van der Waals surface area contributed by atoms with Crippen molar-refractivity contribution in [1.29, 1.82) is 0 Å². The number of amides is 3. The van der Waals surface area contributed by atoms with Gasteiger partial charge in [-0.15, -0.1) is 11.8 Å². The number of carbonyl (C=O) groups is 3. The molecule has 0 bridgehead atoms. The first kappa shape index (κ1) is 52.5. The molecule has 1 atom stereocenters. The minimum atomic E-state index is -4.96. The maximum atomic E-state index is 14.6. The van der Waals surface area contributed by atoms with Gasteiger partial charge in [0.1, 0.15) is 15.9 Å². The predicted octanol–water partition coefficient (Wildman–Crippen LogP) is 10.7. The highest BCUT2D eigenvalue weighted by Crippen LogP contribution is 2.40. The van der Waals surface area contributed by atoms with E-state index >= 15 is 0 Å². The number of aryl methyl sites for hydroxylation is 1. The van der Waals surface area contributed by atoms with E-state index in [0.717, 1.165) is 12.1 Å². The third-order valence-electron chi connectivity index (χ3n) is 8.64. The number of carbonyl (C=O) groups excluding carboxylic acids is 3. The summed E-state index contributed by atoms with van der Waals surface area (Å²) in [4.78, 5) is 39.1. The van der Waals surface area contributed by atoms with Crippen LogP contribution in [0.2, 0.25) is 51.4 Å². The Kier molecular flexibility index (Phi) is 18.0. The normalized spacial score (nSPS) is 15.2. The van der Waals surface area contributed by atoms with E-state index in [1.165, 1.54) is 53.9 Å². The zero-order valence-corrected chi connectivity index (χ0v) is 43.8. The predicted molar refractivity (Wildman–Crippen MR) is 266 cm³/mol. The standard InChI is InChI=1S/C41H57N5O11S5Si2/c1-28-24-31(42-38(47)54-20-22-63(6,7)8)26-34(36(28)29-16-13-12-14-17-29)46(40(49)55-21-23-64(9,10)11)62(52,53)45-30-18-15-19-32(25-30)61(50,51)60-57-44-33-27-35(59-37(33)58-5)43-39(48)56-41(2,3)4/h12-19,24-27,37,45H,20-23H2,1-11H3,(H,42,47)(H,43,48). The number of anilines is 3. The molecule has 1 aliphatic rings. The molecule has 350 valence electrons. The molecule has 1 unspecified atom stereocenters. The maximum absolute atomic E-state index is 14.6. The number of rotatable bonds is 18. The lowest BCUT2D eigenvalue weighted by Gasteiger charge is -2.27. The highest BCUT2D eigenvalue weighted by molar-refractivity contribution is 8.70. The van der Waals surface area contributed by atoms with Gasteiger partial charge in [-0.1, -0.05) is 92.6 Å². The second kappa shape index (κ2) is 21.9. The molecule has 0 aliphatic carbocycles. The zero-order chi connectivity index (χ0) is 47.7. The van der Waals surface area contributed by atoms with Gasteiger partial charge in [0.05, 0.1) is 34.5 Å². The smallest absolute Gasteiger partial charge is 0.429 e. The molecule has 3 aromatic carbocycles. The number of thioether (sulfide) groups is 2. The third kappa shape index (κ3) is 16.4. The lowest BCUT2D eigenvalue weighted by molar-refractivity contribution is 0.0550. The van der Waals surface area contributed by atoms with Crippen molar-refractivity contribution in [2.24, 2.45) is 5.16 Å². The zero-order valence-electron chi connectivity index (χ0n) is 37.8. The fraction of sp³-hybridized carbons (Fsp3) is 0.415. The Labute approximate surface area is 391 Å². The van der Waals surface area contributed by atoms with Crippen LogP contribution in [-0.2, 0) is 37.6 Å². The van der Waals surface area contributed by atoms with Crippen molar-refractivity contribution in [2.45, 2.75) is 94.1 Å². The maximum Gasteiger partial charge on any atom is 0.429 e. The van der Waals surface area contributed by atoms with Gasteiger partial charge in [-0.2, -0.15) is 12.7 Å². The molecule has 3 N–H and O–H groups in total. The van der Waals surface area contributed by atoms with Gasteiger partial charge in [0.15, 0.2) is 0 Å². The summed E-state index contributed by atoms with van der Waals surface area (Å²) in [5, 5.41) is 9.75. The second-order valence-corrected chi connectivity index (χ2v) is 36.4. The van der Waals surface area contributed by atoms with Gasteiger partial charge in [0.25, 0.3) is 8.87 Å². The number of alkyl carbamates (subject to hydrolysis) is 1. The van der Waals surface area contributed by atoms with Gasteiger partial charge in [-0.3, -0.25) is 15.4 Å². The molecule has 1 aliphatic heterocycles. The molecule has 1 heterocycles. The van der Waals surface area contributed by atoms with Crippen LogP contribution in [0, 0.1) is 6.92 Å². The minimum absolute atomic E-state index is 0.0369. The van der Waals surface area contributed by atoms with E-state index in [2.05, 4.69) is 59.8 Å². The lowest BCUT2D eigenvalue weighted by Crippen LogP contribution is -2.42. The lowest BCUT2D eigenvalue weighted by atomic mass is 9.97. The summed E-state index contributed by atoms with van der Waals surface area (Å²) >= 11 is 2.69. The number of hydrogen-bond donors (Lipinski definition) is 3. The number of benzene rings is 3. The van der Waals surface area contributed by atoms with Crippen molar-refractivity contribution in [2.75, 3.05) is 33.8 Å². The summed E-state index contributed by atoms with van der Waals surface area (Å²) in [6.45, 7) is 19.7. The molecule has 3 amide bonds. The summed E-state index contributed by atoms with van der Waals surface area (Å²) < 4.78 is 80.5. The van der Waals surface area contributed by atoms with Crippen LogP contribution in [0.15, 0.2) is 87.9 Å². The van der Waals surface area contributed by atoms with Crippen molar-refractivity contribution in [3.05, 3.63) is 83.4 Å². The topological polar surface area (TPSA) is 208 Å². The van der Waals surface area contributed by atoms with Gasteiger partial charge in [-0.05, 0) is 93.6 Å². The third-order valence-corrected chi connectivity index (χ3v) is 18.3. The largest absolute Gasteiger partial charge is 0.450 e. The quantitative estimate of drug-likeness (QED) is 0.0356. The summed E-state index contributed by atoms with van der Waals surface area (Å²) in [5.41, 5.74) is 0.851. The van der Waals surface area contributed by atoms with Crippen LogP contribution in [-0.4, -0.2) is 86.6 Å². The summed E-state index contributed by atoms with van der Waals surface area (Å²) in [6.07, 6.45) is 0.709. The minimum Gasteiger partial charge on any atom is -0.450 e. The Hall–Kier alpha value is -4.14. The number of allylic oxidation sites excluding steroid dienone is 1. The fourth-order valence-electron chi connectivity index (χ4n) is 5.58. The van der Waals surface area contributed by atoms with Crippen molar-refractivity contribution >= 4 is 111 Å². The molecule has 0 saturated carbocycles. The molecule has 3 aromatic rings. The van der Waals surface area contributed by atoms with Crippen LogP contribution >= 0.6 is 34.6 Å². The molecule has 4 rings (SSSR count). The van der Waals surface area contributed by atoms with Gasteiger partial charge in [-0.25, -0.2) is 22.8 Å². The van der Waals surface area contributed by atoms with Crippen molar-refractivity contribution in [3.8, 4) is 11.1 Å². The molecule has 0 spiro atoms. The van der Waals surface area contributed by atoms with Gasteiger partial charge < -0.3 is 18.5 Å². The van der Waals surface area contributed by atoms with Gasteiger partial charge in [0, 0.05) is 27.4 Å². The number of ether oxygens (including phenoxy) is 3. The molecule has 0 saturated heterocycles. The Morgan fingerprint density at radius 2 is 1.47 bits per heavy atom. The van der Waals surface area contributed by atoms with Crippen LogP contribution in [0.5, 0.6) is 0 Å². The molecule has 23 heteroatoms. The molecule has 64 heavy (non-hydrogen) atoms. The number of nitrogens with one attached hydrogen (secondary N) is 3. The highest BCUT2D eigenvalue weighted by Gasteiger charge is 2.35. The fourth-order valence-corrected chi connectivity index (χ4v) is 11.7. The average molecular weight is 1010 g/mol.